The van der Waals surface area contributed by atoms with E-state index in [1.165, 1.54) is 11.1 Å². The minimum atomic E-state index is 0.580. The molecule has 0 radical (unpaired) electrons. The molecule has 90 valence electrons. The van der Waals surface area contributed by atoms with Crippen LogP contribution in [0, 0.1) is 20.8 Å². The van der Waals surface area contributed by atoms with Gasteiger partial charge < -0.3 is 5.73 Å². The van der Waals surface area contributed by atoms with Crippen LogP contribution < -0.4 is 5.73 Å². The molecule has 0 fully saturated rings. The fourth-order valence-corrected chi connectivity index (χ4v) is 1.87. The molecule has 1 aromatic heterocycles. The number of nitrogens with zero attached hydrogens (tertiary/aromatic N) is 3. The van der Waals surface area contributed by atoms with E-state index in [4.69, 9.17) is 5.73 Å². The van der Waals surface area contributed by atoms with Gasteiger partial charge in [0.1, 0.15) is 5.82 Å². The quantitative estimate of drug-likeness (QED) is 0.873. The molecule has 4 nitrogen and oxygen atoms in total. The van der Waals surface area contributed by atoms with Crippen LogP contribution in [0.5, 0.6) is 0 Å². The van der Waals surface area contributed by atoms with Crippen molar-refractivity contribution in [2.45, 2.75) is 27.2 Å². The number of benzene rings is 1. The van der Waals surface area contributed by atoms with Crippen LogP contribution >= 0.6 is 0 Å². The average molecular weight is 230 g/mol. The van der Waals surface area contributed by atoms with Crippen molar-refractivity contribution in [3.63, 3.8) is 0 Å². The van der Waals surface area contributed by atoms with Crippen molar-refractivity contribution in [3.8, 4) is 5.69 Å². The Balaban J connectivity index is 2.49. The Hall–Kier alpha value is -1.68. The highest BCUT2D eigenvalue weighted by Gasteiger charge is 2.10. The highest BCUT2D eigenvalue weighted by molar-refractivity contribution is 5.44. The van der Waals surface area contributed by atoms with E-state index in [1.54, 1.807) is 0 Å². The summed E-state index contributed by atoms with van der Waals surface area (Å²) >= 11 is 0. The van der Waals surface area contributed by atoms with Gasteiger partial charge in [-0.15, -0.1) is 0 Å². The molecule has 1 heterocycles. The standard InChI is InChI=1S/C13H18N4/c1-9-5-4-6-12(10(9)2)17-11(3)15-13(16-17)7-8-14/h4-6H,7-8,14H2,1-3H3. The van der Waals surface area contributed by atoms with E-state index >= 15 is 0 Å². The van der Waals surface area contributed by atoms with Crippen LogP contribution in [0.4, 0.5) is 0 Å². The molecule has 4 heteroatoms. The summed E-state index contributed by atoms with van der Waals surface area (Å²) in [6.45, 7) is 6.76. The first-order chi connectivity index (χ1) is 8.13. The smallest absolute Gasteiger partial charge is 0.152 e. The van der Waals surface area contributed by atoms with Gasteiger partial charge in [-0.2, -0.15) is 5.10 Å². The van der Waals surface area contributed by atoms with Crippen LogP contribution in [0.3, 0.4) is 0 Å². The molecule has 0 saturated heterocycles. The molecule has 0 bridgehead atoms. The topological polar surface area (TPSA) is 56.7 Å². The molecule has 0 saturated carbocycles. The Morgan fingerprint density at radius 2 is 2.00 bits per heavy atom. The number of rotatable bonds is 3. The zero-order valence-corrected chi connectivity index (χ0v) is 10.6. The van der Waals surface area contributed by atoms with Crippen LogP contribution in [0.1, 0.15) is 22.8 Å². The van der Waals surface area contributed by atoms with E-state index in [2.05, 4.69) is 36.1 Å². The zero-order chi connectivity index (χ0) is 12.4. The lowest BCUT2D eigenvalue weighted by Gasteiger charge is -2.09. The number of nitrogens with two attached hydrogens (primary N) is 1. The van der Waals surface area contributed by atoms with E-state index < -0.39 is 0 Å². The lowest BCUT2D eigenvalue weighted by atomic mass is 10.1. The Kier molecular flexibility index (Phi) is 3.24. The minimum Gasteiger partial charge on any atom is -0.330 e. The maximum Gasteiger partial charge on any atom is 0.152 e. The van der Waals surface area contributed by atoms with Gasteiger partial charge in [0.25, 0.3) is 0 Å². The second-order valence-corrected chi connectivity index (χ2v) is 4.24. The molecule has 0 aliphatic rings. The highest BCUT2D eigenvalue weighted by atomic mass is 15.3. The summed E-state index contributed by atoms with van der Waals surface area (Å²) in [5.41, 5.74) is 9.12. The first kappa shape index (κ1) is 11.8. The van der Waals surface area contributed by atoms with E-state index in [9.17, 15) is 0 Å². The summed E-state index contributed by atoms with van der Waals surface area (Å²) in [6.07, 6.45) is 0.721. The molecule has 0 aliphatic carbocycles. The molecule has 0 aliphatic heterocycles. The molecule has 0 unspecified atom stereocenters. The van der Waals surface area contributed by atoms with E-state index in [-0.39, 0.29) is 0 Å². The molecule has 2 aromatic rings. The SMILES string of the molecule is Cc1cccc(-n2nc(CCN)nc2C)c1C. The van der Waals surface area contributed by atoms with Gasteiger partial charge in [0, 0.05) is 6.42 Å². The summed E-state index contributed by atoms with van der Waals surface area (Å²) in [5.74, 6) is 1.72. The van der Waals surface area contributed by atoms with Gasteiger partial charge in [-0.3, -0.25) is 0 Å². The fraction of sp³-hybridized carbons (Fsp3) is 0.385. The van der Waals surface area contributed by atoms with E-state index in [0.29, 0.717) is 6.54 Å². The lowest BCUT2D eigenvalue weighted by molar-refractivity contribution is 0.798. The van der Waals surface area contributed by atoms with Gasteiger partial charge in [-0.25, -0.2) is 9.67 Å². The third kappa shape index (κ3) is 2.22. The molecule has 2 rings (SSSR count). The van der Waals surface area contributed by atoms with E-state index in [0.717, 1.165) is 23.8 Å². The normalized spacial score (nSPS) is 10.8. The van der Waals surface area contributed by atoms with Gasteiger partial charge in [0.15, 0.2) is 5.82 Å². The van der Waals surface area contributed by atoms with E-state index in [1.807, 2.05) is 17.7 Å². The Morgan fingerprint density at radius 3 is 2.71 bits per heavy atom. The first-order valence-corrected chi connectivity index (χ1v) is 5.82. The molecular formula is C13H18N4. The predicted octanol–water partition coefficient (Wildman–Crippen LogP) is 1.69. The van der Waals surface area contributed by atoms with Crippen molar-refractivity contribution in [1.82, 2.24) is 14.8 Å². The summed E-state index contributed by atoms with van der Waals surface area (Å²) < 4.78 is 1.90. The Bertz CT molecular complexity index is 528. The lowest BCUT2D eigenvalue weighted by Crippen LogP contribution is -2.06. The third-order valence-electron chi connectivity index (χ3n) is 2.98. The number of aromatic nitrogens is 3. The third-order valence-corrected chi connectivity index (χ3v) is 2.98. The monoisotopic (exact) mass is 230 g/mol. The van der Waals surface area contributed by atoms with Crippen LogP contribution in [-0.2, 0) is 6.42 Å². The van der Waals surface area contributed by atoms with Crippen molar-refractivity contribution in [2.75, 3.05) is 6.54 Å². The maximum atomic E-state index is 5.52. The van der Waals surface area contributed by atoms with Gasteiger partial charge in [0.2, 0.25) is 0 Å². The van der Waals surface area contributed by atoms with Crippen LogP contribution in [0.15, 0.2) is 18.2 Å². The second kappa shape index (κ2) is 4.67. The molecule has 0 spiro atoms. The Morgan fingerprint density at radius 1 is 1.24 bits per heavy atom. The summed E-state index contributed by atoms with van der Waals surface area (Å²) in [4.78, 5) is 4.42. The van der Waals surface area contributed by atoms with Gasteiger partial charge in [-0.1, -0.05) is 12.1 Å². The molecular weight excluding hydrogens is 212 g/mol. The number of hydrogen-bond acceptors (Lipinski definition) is 3. The summed E-state index contributed by atoms with van der Waals surface area (Å²) in [6, 6.07) is 6.21. The van der Waals surface area contributed by atoms with Crippen molar-refractivity contribution < 1.29 is 0 Å². The first-order valence-electron chi connectivity index (χ1n) is 5.82. The number of hydrogen-bond donors (Lipinski definition) is 1. The minimum absolute atomic E-state index is 0.580. The fourth-order valence-electron chi connectivity index (χ4n) is 1.87. The maximum absolute atomic E-state index is 5.52. The predicted molar refractivity (Wildman–Crippen MR) is 68.3 cm³/mol. The number of aryl methyl sites for hydroxylation is 2. The summed E-state index contributed by atoms with van der Waals surface area (Å²) in [5, 5.41) is 4.50. The van der Waals surface area contributed by atoms with Crippen LogP contribution in [0.2, 0.25) is 0 Å². The highest BCUT2D eigenvalue weighted by Crippen LogP contribution is 2.17. The molecule has 17 heavy (non-hydrogen) atoms. The largest absolute Gasteiger partial charge is 0.330 e. The molecule has 0 atom stereocenters. The van der Waals surface area contributed by atoms with Gasteiger partial charge in [0.05, 0.1) is 5.69 Å². The van der Waals surface area contributed by atoms with Crippen molar-refractivity contribution in [1.29, 1.82) is 0 Å². The zero-order valence-electron chi connectivity index (χ0n) is 10.6. The molecule has 0 amide bonds. The van der Waals surface area contributed by atoms with Crippen molar-refractivity contribution >= 4 is 0 Å². The van der Waals surface area contributed by atoms with Crippen molar-refractivity contribution in [2.24, 2.45) is 5.73 Å². The molecule has 1 aromatic carbocycles. The van der Waals surface area contributed by atoms with Crippen LogP contribution in [0.25, 0.3) is 5.69 Å². The van der Waals surface area contributed by atoms with Crippen molar-refractivity contribution in [3.05, 3.63) is 41.0 Å². The second-order valence-electron chi connectivity index (χ2n) is 4.24. The van der Waals surface area contributed by atoms with Gasteiger partial charge >= 0.3 is 0 Å². The summed E-state index contributed by atoms with van der Waals surface area (Å²) in [7, 11) is 0. The van der Waals surface area contributed by atoms with Crippen LogP contribution in [-0.4, -0.2) is 21.3 Å². The average Bonchev–Trinajstić information content (AvgIpc) is 2.64. The molecule has 2 N–H and O–H groups in total. The Labute approximate surface area is 101 Å². The van der Waals surface area contributed by atoms with Gasteiger partial charge in [-0.05, 0) is 44.5 Å².